The third kappa shape index (κ3) is 3.54. The quantitative estimate of drug-likeness (QED) is 0.866. The summed E-state index contributed by atoms with van der Waals surface area (Å²) in [6.45, 7) is 6.12. The van der Waals surface area contributed by atoms with Gasteiger partial charge in [-0.3, -0.25) is 0 Å². The summed E-state index contributed by atoms with van der Waals surface area (Å²) in [4.78, 5) is 13.7. The molecule has 0 bridgehead atoms. The van der Waals surface area contributed by atoms with Crippen LogP contribution in [0, 0.1) is 6.92 Å². The van der Waals surface area contributed by atoms with Gasteiger partial charge in [0.1, 0.15) is 5.82 Å². The average Bonchev–Trinajstić information content (AvgIpc) is 2.56. The van der Waals surface area contributed by atoms with E-state index in [4.69, 9.17) is 9.72 Å². The van der Waals surface area contributed by atoms with Crippen LogP contribution in [0.4, 0.5) is 11.8 Å². The van der Waals surface area contributed by atoms with Crippen LogP contribution in [0.2, 0.25) is 0 Å². The Morgan fingerprint density at radius 3 is 2.59 bits per heavy atom. The molecule has 5 heteroatoms. The van der Waals surface area contributed by atoms with Crippen LogP contribution in [-0.2, 0) is 11.3 Å². The van der Waals surface area contributed by atoms with E-state index in [0.717, 1.165) is 50.3 Å². The van der Waals surface area contributed by atoms with Crippen LogP contribution in [-0.4, -0.2) is 43.3 Å². The fourth-order valence-electron chi connectivity index (χ4n) is 2.59. The number of ether oxygens (including phenoxy) is 1. The van der Waals surface area contributed by atoms with Crippen molar-refractivity contribution >= 4 is 11.8 Å². The monoisotopic (exact) mass is 298 g/mol. The van der Waals surface area contributed by atoms with E-state index >= 15 is 0 Å². The Balaban J connectivity index is 1.79. The lowest BCUT2D eigenvalue weighted by molar-refractivity contribution is 0.122. The van der Waals surface area contributed by atoms with Gasteiger partial charge in [-0.05, 0) is 12.5 Å². The smallest absolute Gasteiger partial charge is 0.227 e. The molecule has 22 heavy (non-hydrogen) atoms. The molecule has 1 fully saturated rings. The van der Waals surface area contributed by atoms with E-state index in [-0.39, 0.29) is 0 Å². The highest BCUT2D eigenvalue weighted by Crippen LogP contribution is 2.19. The van der Waals surface area contributed by atoms with Crippen LogP contribution < -0.4 is 9.80 Å². The first-order valence-corrected chi connectivity index (χ1v) is 7.66. The Morgan fingerprint density at radius 2 is 1.86 bits per heavy atom. The van der Waals surface area contributed by atoms with Gasteiger partial charge >= 0.3 is 0 Å². The topological polar surface area (TPSA) is 41.5 Å². The van der Waals surface area contributed by atoms with Crippen LogP contribution in [0.1, 0.15) is 11.3 Å². The molecule has 0 aliphatic carbocycles. The summed E-state index contributed by atoms with van der Waals surface area (Å²) in [5.41, 5.74) is 2.24. The van der Waals surface area contributed by atoms with Gasteiger partial charge in [0, 0.05) is 38.4 Å². The molecule has 3 rings (SSSR count). The van der Waals surface area contributed by atoms with Gasteiger partial charge in [0.05, 0.1) is 13.2 Å². The first-order valence-electron chi connectivity index (χ1n) is 7.66. The molecular weight excluding hydrogens is 276 g/mol. The second kappa shape index (κ2) is 6.75. The molecule has 1 aromatic heterocycles. The van der Waals surface area contributed by atoms with Gasteiger partial charge in [-0.2, -0.15) is 4.98 Å². The molecule has 116 valence electrons. The van der Waals surface area contributed by atoms with E-state index in [1.807, 2.05) is 26.1 Å². The molecule has 0 amide bonds. The van der Waals surface area contributed by atoms with Crippen molar-refractivity contribution in [1.82, 2.24) is 9.97 Å². The number of rotatable bonds is 4. The SMILES string of the molecule is Cc1cc(N2CCOCC2)nc(N(C)Cc2ccccc2)n1. The molecule has 1 aromatic carbocycles. The molecule has 0 spiro atoms. The van der Waals surface area contributed by atoms with Crippen LogP contribution in [0.5, 0.6) is 0 Å². The lowest BCUT2D eigenvalue weighted by Crippen LogP contribution is -2.37. The number of hydrogen-bond donors (Lipinski definition) is 0. The van der Waals surface area contributed by atoms with Crippen molar-refractivity contribution < 1.29 is 4.74 Å². The largest absolute Gasteiger partial charge is 0.378 e. The van der Waals surface area contributed by atoms with Crippen molar-refractivity contribution in [3.8, 4) is 0 Å². The molecule has 0 unspecified atom stereocenters. The van der Waals surface area contributed by atoms with Gasteiger partial charge in [-0.1, -0.05) is 30.3 Å². The van der Waals surface area contributed by atoms with Gasteiger partial charge in [0.2, 0.25) is 5.95 Å². The molecule has 0 atom stereocenters. The zero-order valence-electron chi connectivity index (χ0n) is 13.2. The second-order valence-corrected chi connectivity index (χ2v) is 5.61. The third-order valence-electron chi connectivity index (χ3n) is 3.77. The molecule has 0 saturated carbocycles. The maximum atomic E-state index is 5.41. The van der Waals surface area contributed by atoms with Crippen molar-refractivity contribution in [3.63, 3.8) is 0 Å². The summed E-state index contributed by atoms with van der Waals surface area (Å²) >= 11 is 0. The average molecular weight is 298 g/mol. The number of aromatic nitrogens is 2. The highest BCUT2D eigenvalue weighted by atomic mass is 16.5. The van der Waals surface area contributed by atoms with Crippen LogP contribution >= 0.6 is 0 Å². The fourth-order valence-corrected chi connectivity index (χ4v) is 2.59. The second-order valence-electron chi connectivity index (χ2n) is 5.61. The molecule has 2 heterocycles. The van der Waals surface area contributed by atoms with E-state index in [2.05, 4.69) is 39.0 Å². The Morgan fingerprint density at radius 1 is 1.14 bits per heavy atom. The Hall–Kier alpha value is -2.14. The molecular formula is C17H22N4O. The lowest BCUT2D eigenvalue weighted by atomic mass is 10.2. The number of aryl methyl sites for hydroxylation is 1. The maximum absolute atomic E-state index is 5.41. The fraction of sp³-hybridized carbons (Fsp3) is 0.412. The summed E-state index contributed by atoms with van der Waals surface area (Å²) in [6.07, 6.45) is 0. The predicted molar refractivity (Wildman–Crippen MR) is 88.4 cm³/mol. The van der Waals surface area contributed by atoms with Crippen molar-refractivity contribution in [1.29, 1.82) is 0 Å². The zero-order chi connectivity index (χ0) is 15.4. The van der Waals surface area contributed by atoms with Crippen LogP contribution in [0.3, 0.4) is 0 Å². The number of anilines is 2. The first-order chi connectivity index (χ1) is 10.7. The summed E-state index contributed by atoms with van der Waals surface area (Å²) in [5, 5.41) is 0. The van der Waals surface area contributed by atoms with Gasteiger partial charge in [-0.15, -0.1) is 0 Å². The zero-order valence-corrected chi connectivity index (χ0v) is 13.2. The van der Waals surface area contributed by atoms with Crippen molar-refractivity contribution in [2.24, 2.45) is 0 Å². The summed E-state index contributed by atoms with van der Waals surface area (Å²) in [5.74, 6) is 1.76. The molecule has 1 saturated heterocycles. The summed E-state index contributed by atoms with van der Waals surface area (Å²) in [6, 6.07) is 12.4. The van der Waals surface area contributed by atoms with E-state index in [0.29, 0.717) is 0 Å². The Bertz CT molecular complexity index is 611. The lowest BCUT2D eigenvalue weighted by Gasteiger charge is -2.29. The van der Waals surface area contributed by atoms with E-state index < -0.39 is 0 Å². The van der Waals surface area contributed by atoms with Crippen molar-refractivity contribution in [2.45, 2.75) is 13.5 Å². The molecule has 1 aliphatic heterocycles. The van der Waals surface area contributed by atoms with Gasteiger partial charge in [0.15, 0.2) is 0 Å². The Kier molecular flexibility index (Phi) is 4.53. The molecule has 0 N–H and O–H groups in total. The van der Waals surface area contributed by atoms with Gasteiger partial charge in [-0.25, -0.2) is 4.98 Å². The summed E-state index contributed by atoms with van der Waals surface area (Å²) < 4.78 is 5.41. The van der Waals surface area contributed by atoms with E-state index in [1.165, 1.54) is 5.56 Å². The molecule has 2 aromatic rings. The Labute approximate surface area is 131 Å². The first kappa shape index (κ1) is 14.8. The minimum absolute atomic E-state index is 0.762. The van der Waals surface area contributed by atoms with Gasteiger partial charge < -0.3 is 14.5 Å². The predicted octanol–water partition coefficient (Wildman–Crippen LogP) is 2.26. The molecule has 0 radical (unpaired) electrons. The van der Waals surface area contributed by atoms with E-state index in [1.54, 1.807) is 0 Å². The minimum Gasteiger partial charge on any atom is -0.378 e. The van der Waals surface area contributed by atoms with E-state index in [9.17, 15) is 0 Å². The maximum Gasteiger partial charge on any atom is 0.227 e. The number of hydrogen-bond acceptors (Lipinski definition) is 5. The normalized spacial score (nSPS) is 14.9. The number of nitrogens with zero attached hydrogens (tertiary/aromatic N) is 4. The van der Waals surface area contributed by atoms with Crippen molar-refractivity contribution in [3.05, 3.63) is 47.7 Å². The highest BCUT2D eigenvalue weighted by Gasteiger charge is 2.15. The van der Waals surface area contributed by atoms with Gasteiger partial charge in [0.25, 0.3) is 0 Å². The third-order valence-corrected chi connectivity index (χ3v) is 3.77. The minimum atomic E-state index is 0.762. The molecule has 5 nitrogen and oxygen atoms in total. The standard InChI is InChI=1S/C17H22N4O/c1-14-12-16(21-8-10-22-11-9-21)19-17(18-14)20(2)13-15-6-4-3-5-7-15/h3-7,12H,8-11,13H2,1-2H3. The number of morpholine rings is 1. The van der Waals surface area contributed by atoms with Crippen molar-refractivity contribution in [2.75, 3.05) is 43.2 Å². The van der Waals surface area contributed by atoms with Crippen LogP contribution in [0.15, 0.2) is 36.4 Å². The summed E-state index contributed by atoms with van der Waals surface area (Å²) in [7, 11) is 2.03. The molecule has 1 aliphatic rings. The number of benzene rings is 1. The van der Waals surface area contributed by atoms with Crippen LogP contribution in [0.25, 0.3) is 0 Å². The highest BCUT2D eigenvalue weighted by molar-refractivity contribution is 5.46.